The highest BCUT2D eigenvalue weighted by molar-refractivity contribution is 5.96. The first-order valence-corrected chi connectivity index (χ1v) is 6.93. The van der Waals surface area contributed by atoms with Crippen molar-refractivity contribution in [2.24, 2.45) is 0 Å². The zero-order valence-electron chi connectivity index (χ0n) is 12.5. The average Bonchev–Trinajstić information content (AvgIpc) is 2.60. The Hall–Kier alpha value is -3.15. The standard InChI is InChI=1S/C17H16N2O4/c1-18-17(22)12-6-8-14(9-7-12)19-16(21)11-23-15-5-3-2-4-13(15)10-20/h2-10H,11H2,1H3,(H,18,22)(H,19,21). The Kier molecular flexibility index (Phi) is 5.46. The number of amides is 2. The predicted molar refractivity (Wildman–Crippen MR) is 85.8 cm³/mol. The molecule has 2 N–H and O–H groups in total. The van der Waals surface area contributed by atoms with E-state index in [-0.39, 0.29) is 18.4 Å². The molecule has 2 aromatic rings. The van der Waals surface area contributed by atoms with Crippen molar-refractivity contribution < 1.29 is 19.1 Å². The Balaban J connectivity index is 1.92. The molecule has 0 saturated carbocycles. The van der Waals surface area contributed by atoms with Gasteiger partial charge in [-0.3, -0.25) is 14.4 Å². The van der Waals surface area contributed by atoms with E-state index in [4.69, 9.17) is 4.74 Å². The van der Waals surface area contributed by atoms with Crippen molar-refractivity contribution in [2.45, 2.75) is 0 Å². The van der Waals surface area contributed by atoms with Crippen LogP contribution in [0.4, 0.5) is 5.69 Å². The zero-order valence-corrected chi connectivity index (χ0v) is 12.5. The number of carbonyl (C=O) groups is 3. The molecule has 23 heavy (non-hydrogen) atoms. The summed E-state index contributed by atoms with van der Waals surface area (Å²) in [4.78, 5) is 34.1. The van der Waals surface area contributed by atoms with E-state index in [1.165, 1.54) is 0 Å². The lowest BCUT2D eigenvalue weighted by Crippen LogP contribution is -2.21. The molecule has 0 bridgehead atoms. The Morgan fingerprint density at radius 2 is 1.78 bits per heavy atom. The van der Waals surface area contributed by atoms with Gasteiger partial charge in [-0.05, 0) is 36.4 Å². The number of hydrogen-bond acceptors (Lipinski definition) is 4. The van der Waals surface area contributed by atoms with Gasteiger partial charge in [-0.15, -0.1) is 0 Å². The second kappa shape index (κ2) is 7.74. The summed E-state index contributed by atoms with van der Waals surface area (Å²) in [5, 5.41) is 5.17. The van der Waals surface area contributed by atoms with E-state index in [1.807, 2.05) is 0 Å². The van der Waals surface area contributed by atoms with Crippen LogP contribution in [-0.4, -0.2) is 31.8 Å². The minimum Gasteiger partial charge on any atom is -0.483 e. The molecule has 0 spiro atoms. The van der Waals surface area contributed by atoms with E-state index in [0.29, 0.717) is 28.8 Å². The number of hydrogen-bond donors (Lipinski definition) is 2. The molecule has 2 amide bonds. The number of ether oxygens (including phenoxy) is 1. The van der Waals surface area contributed by atoms with Crippen LogP contribution in [0.5, 0.6) is 5.75 Å². The third-order valence-corrected chi connectivity index (χ3v) is 3.06. The Morgan fingerprint density at radius 3 is 2.43 bits per heavy atom. The molecule has 0 aliphatic heterocycles. The normalized spacial score (nSPS) is 9.78. The molecule has 0 radical (unpaired) electrons. The zero-order chi connectivity index (χ0) is 16.7. The third-order valence-electron chi connectivity index (χ3n) is 3.06. The first-order chi connectivity index (χ1) is 11.1. The van der Waals surface area contributed by atoms with Crippen LogP contribution in [0.1, 0.15) is 20.7 Å². The molecule has 6 nitrogen and oxygen atoms in total. The van der Waals surface area contributed by atoms with Crippen molar-refractivity contribution in [3.63, 3.8) is 0 Å². The quantitative estimate of drug-likeness (QED) is 0.798. The van der Waals surface area contributed by atoms with Crippen LogP contribution >= 0.6 is 0 Å². The van der Waals surface area contributed by atoms with Gasteiger partial charge in [-0.25, -0.2) is 0 Å². The summed E-state index contributed by atoms with van der Waals surface area (Å²) in [6, 6.07) is 13.1. The van der Waals surface area contributed by atoms with Crippen molar-refractivity contribution in [1.29, 1.82) is 0 Å². The van der Waals surface area contributed by atoms with Crippen LogP contribution in [0.3, 0.4) is 0 Å². The van der Waals surface area contributed by atoms with Gasteiger partial charge in [-0.2, -0.15) is 0 Å². The van der Waals surface area contributed by atoms with Gasteiger partial charge >= 0.3 is 0 Å². The maximum absolute atomic E-state index is 11.9. The van der Waals surface area contributed by atoms with Crippen LogP contribution in [0.15, 0.2) is 48.5 Å². The summed E-state index contributed by atoms with van der Waals surface area (Å²) in [6.45, 7) is -0.220. The molecule has 2 rings (SSSR count). The lowest BCUT2D eigenvalue weighted by Gasteiger charge is -2.09. The molecule has 2 aromatic carbocycles. The smallest absolute Gasteiger partial charge is 0.262 e. The monoisotopic (exact) mass is 312 g/mol. The van der Waals surface area contributed by atoms with E-state index in [0.717, 1.165) is 0 Å². The van der Waals surface area contributed by atoms with Gasteiger partial charge in [0.1, 0.15) is 5.75 Å². The Morgan fingerprint density at radius 1 is 1.09 bits per heavy atom. The molecule has 0 atom stereocenters. The largest absolute Gasteiger partial charge is 0.483 e. The van der Waals surface area contributed by atoms with Gasteiger partial charge in [0.15, 0.2) is 12.9 Å². The lowest BCUT2D eigenvalue weighted by atomic mass is 10.2. The van der Waals surface area contributed by atoms with E-state index >= 15 is 0 Å². The number of para-hydroxylation sites is 1. The second-order valence-corrected chi connectivity index (χ2v) is 4.65. The highest BCUT2D eigenvalue weighted by Gasteiger charge is 2.07. The van der Waals surface area contributed by atoms with Gasteiger partial charge in [-0.1, -0.05) is 12.1 Å². The molecule has 0 aliphatic rings. The first-order valence-electron chi connectivity index (χ1n) is 6.93. The van der Waals surface area contributed by atoms with Crippen LogP contribution < -0.4 is 15.4 Å². The summed E-state index contributed by atoms with van der Waals surface area (Å²) < 4.78 is 5.33. The van der Waals surface area contributed by atoms with E-state index in [1.54, 1.807) is 55.6 Å². The number of anilines is 1. The van der Waals surface area contributed by atoms with E-state index < -0.39 is 0 Å². The fraction of sp³-hybridized carbons (Fsp3) is 0.118. The average molecular weight is 312 g/mol. The Labute approximate surface area is 133 Å². The molecular formula is C17H16N2O4. The van der Waals surface area contributed by atoms with Crippen molar-refractivity contribution in [3.8, 4) is 5.75 Å². The van der Waals surface area contributed by atoms with Crippen LogP contribution in [0, 0.1) is 0 Å². The van der Waals surface area contributed by atoms with Gasteiger partial charge in [0, 0.05) is 18.3 Å². The van der Waals surface area contributed by atoms with Crippen LogP contribution in [0.2, 0.25) is 0 Å². The number of benzene rings is 2. The lowest BCUT2D eigenvalue weighted by molar-refractivity contribution is -0.118. The summed E-state index contributed by atoms with van der Waals surface area (Å²) >= 11 is 0. The minimum absolute atomic E-state index is 0.198. The molecule has 118 valence electrons. The maximum Gasteiger partial charge on any atom is 0.262 e. The molecule has 0 fully saturated rings. The third kappa shape index (κ3) is 4.41. The number of rotatable bonds is 6. The van der Waals surface area contributed by atoms with Crippen molar-refractivity contribution >= 4 is 23.8 Å². The van der Waals surface area contributed by atoms with Gasteiger partial charge in [0.05, 0.1) is 5.56 Å². The summed E-state index contributed by atoms with van der Waals surface area (Å²) in [6.07, 6.45) is 0.671. The highest BCUT2D eigenvalue weighted by Crippen LogP contribution is 2.15. The topological polar surface area (TPSA) is 84.5 Å². The second-order valence-electron chi connectivity index (χ2n) is 4.65. The Bertz CT molecular complexity index is 711. The molecule has 0 aliphatic carbocycles. The van der Waals surface area contributed by atoms with Crippen molar-refractivity contribution in [1.82, 2.24) is 5.32 Å². The van der Waals surface area contributed by atoms with Crippen molar-refractivity contribution in [3.05, 3.63) is 59.7 Å². The highest BCUT2D eigenvalue weighted by atomic mass is 16.5. The molecule has 0 aromatic heterocycles. The number of aldehydes is 1. The van der Waals surface area contributed by atoms with Crippen LogP contribution in [-0.2, 0) is 4.79 Å². The van der Waals surface area contributed by atoms with E-state index in [2.05, 4.69) is 10.6 Å². The molecular weight excluding hydrogens is 296 g/mol. The molecule has 0 heterocycles. The number of nitrogens with one attached hydrogen (secondary N) is 2. The maximum atomic E-state index is 11.9. The first kappa shape index (κ1) is 16.2. The predicted octanol–water partition coefficient (Wildman–Crippen LogP) is 1.88. The van der Waals surface area contributed by atoms with Gasteiger partial charge < -0.3 is 15.4 Å². The number of carbonyl (C=O) groups excluding carboxylic acids is 3. The molecule has 6 heteroatoms. The van der Waals surface area contributed by atoms with Gasteiger partial charge in [0.25, 0.3) is 11.8 Å². The molecule has 0 saturated heterocycles. The summed E-state index contributed by atoms with van der Waals surface area (Å²) in [5.41, 5.74) is 1.44. The fourth-order valence-corrected chi connectivity index (χ4v) is 1.90. The fourth-order valence-electron chi connectivity index (χ4n) is 1.90. The molecule has 0 unspecified atom stereocenters. The minimum atomic E-state index is -0.363. The van der Waals surface area contributed by atoms with Crippen molar-refractivity contribution in [2.75, 3.05) is 19.0 Å². The van der Waals surface area contributed by atoms with E-state index in [9.17, 15) is 14.4 Å². The van der Waals surface area contributed by atoms with Gasteiger partial charge in [0.2, 0.25) is 0 Å². The SMILES string of the molecule is CNC(=O)c1ccc(NC(=O)COc2ccccc2C=O)cc1. The summed E-state index contributed by atoms with van der Waals surface area (Å²) in [5.74, 6) is -0.206. The van der Waals surface area contributed by atoms with Crippen LogP contribution in [0.25, 0.3) is 0 Å². The summed E-state index contributed by atoms with van der Waals surface area (Å²) in [7, 11) is 1.55.